The maximum Gasteiger partial charge on any atom is 0.221 e. The van der Waals surface area contributed by atoms with Crippen LogP contribution in [-0.2, 0) is 11.2 Å². The molecule has 0 fully saturated rings. The van der Waals surface area contributed by atoms with Crippen LogP contribution in [0.5, 0.6) is 5.75 Å². The second-order valence-electron chi connectivity index (χ2n) is 5.63. The van der Waals surface area contributed by atoms with Crippen LogP contribution in [0.15, 0.2) is 24.3 Å². The van der Waals surface area contributed by atoms with Crippen LogP contribution >= 0.6 is 0 Å². The average Bonchev–Trinajstić information content (AvgIpc) is 2.47. The number of rotatable bonds is 10. The lowest BCUT2D eigenvalue weighted by molar-refractivity contribution is -0.120. The zero-order chi connectivity index (χ0) is 15.5. The van der Waals surface area contributed by atoms with Gasteiger partial charge in [-0.15, -0.1) is 0 Å². The molecule has 0 aliphatic rings. The van der Waals surface area contributed by atoms with Crippen LogP contribution in [0, 0.1) is 5.92 Å². The molecule has 1 rings (SSSR count). The molecule has 0 bridgehead atoms. The van der Waals surface area contributed by atoms with Crippen molar-refractivity contribution >= 4 is 5.91 Å². The van der Waals surface area contributed by atoms with Gasteiger partial charge in [0, 0.05) is 19.5 Å². The van der Waals surface area contributed by atoms with Gasteiger partial charge >= 0.3 is 0 Å². The highest BCUT2D eigenvalue weighted by Gasteiger charge is 2.01. The summed E-state index contributed by atoms with van der Waals surface area (Å²) in [7, 11) is 1.66. The van der Waals surface area contributed by atoms with E-state index in [1.807, 2.05) is 24.3 Å². The lowest BCUT2D eigenvalue weighted by Gasteiger charge is -2.08. The van der Waals surface area contributed by atoms with Crippen molar-refractivity contribution in [2.45, 2.75) is 33.1 Å². The summed E-state index contributed by atoms with van der Waals surface area (Å²) in [6, 6.07) is 7.93. The largest absolute Gasteiger partial charge is 0.497 e. The first kappa shape index (κ1) is 17.5. The first-order valence-electron chi connectivity index (χ1n) is 7.72. The number of hydrogen-bond donors (Lipinski definition) is 2. The Labute approximate surface area is 128 Å². The van der Waals surface area contributed by atoms with E-state index in [2.05, 4.69) is 24.5 Å². The fourth-order valence-electron chi connectivity index (χ4n) is 1.94. The van der Waals surface area contributed by atoms with Crippen molar-refractivity contribution in [3.8, 4) is 5.75 Å². The Morgan fingerprint density at radius 3 is 2.48 bits per heavy atom. The smallest absolute Gasteiger partial charge is 0.221 e. The van der Waals surface area contributed by atoms with Gasteiger partial charge in [0.15, 0.2) is 0 Å². The van der Waals surface area contributed by atoms with Crippen LogP contribution in [0.1, 0.15) is 32.3 Å². The number of carbonyl (C=O) groups is 1. The fourth-order valence-corrected chi connectivity index (χ4v) is 1.94. The molecule has 0 saturated carbocycles. The lowest BCUT2D eigenvalue weighted by atomic mass is 10.1. The molecule has 0 heterocycles. The van der Waals surface area contributed by atoms with Crippen molar-refractivity contribution in [3.63, 3.8) is 0 Å². The van der Waals surface area contributed by atoms with E-state index in [0.717, 1.165) is 31.7 Å². The SMILES string of the molecule is COc1ccc(CCNC(=O)CCNCCC(C)C)cc1. The number of methoxy groups -OCH3 is 1. The van der Waals surface area contributed by atoms with Gasteiger partial charge in [-0.1, -0.05) is 26.0 Å². The van der Waals surface area contributed by atoms with Crippen molar-refractivity contribution < 1.29 is 9.53 Å². The van der Waals surface area contributed by atoms with Gasteiger partial charge in [0.05, 0.1) is 7.11 Å². The molecule has 4 heteroatoms. The molecule has 21 heavy (non-hydrogen) atoms. The van der Waals surface area contributed by atoms with Gasteiger partial charge in [-0.2, -0.15) is 0 Å². The molecule has 0 aliphatic heterocycles. The van der Waals surface area contributed by atoms with Crippen LogP contribution < -0.4 is 15.4 Å². The van der Waals surface area contributed by atoms with Crippen molar-refractivity contribution in [3.05, 3.63) is 29.8 Å². The summed E-state index contributed by atoms with van der Waals surface area (Å²) in [4.78, 5) is 11.7. The number of ether oxygens (including phenoxy) is 1. The molecule has 0 saturated heterocycles. The number of benzene rings is 1. The summed E-state index contributed by atoms with van der Waals surface area (Å²) in [5.41, 5.74) is 1.20. The Morgan fingerprint density at radius 2 is 1.86 bits per heavy atom. The predicted octanol–water partition coefficient (Wildman–Crippen LogP) is 2.38. The van der Waals surface area contributed by atoms with Crippen LogP contribution in [0.4, 0.5) is 0 Å². The minimum absolute atomic E-state index is 0.112. The summed E-state index contributed by atoms with van der Waals surface area (Å²) in [6.07, 6.45) is 2.54. The highest BCUT2D eigenvalue weighted by Crippen LogP contribution is 2.11. The molecule has 118 valence electrons. The van der Waals surface area contributed by atoms with E-state index < -0.39 is 0 Å². The van der Waals surface area contributed by atoms with Gasteiger partial charge in [-0.25, -0.2) is 0 Å². The Hall–Kier alpha value is -1.55. The highest BCUT2D eigenvalue weighted by molar-refractivity contribution is 5.76. The zero-order valence-electron chi connectivity index (χ0n) is 13.4. The van der Waals surface area contributed by atoms with Gasteiger partial charge in [-0.3, -0.25) is 4.79 Å². The van der Waals surface area contributed by atoms with E-state index in [1.54, 1.807) is 7.11 Å². The van der Waals surface area contributed by atoms with E-state index >= 15 is 0 Å². The molecule has 1 aromatic carbocycles. The van der Waals surface area contributed by atoms with Gasteiger partial charge in [0.1, 0.15) is 5.75 Å². The maximum absolute atomic E-state index is 11.7. The number of amides is 1. The normalized spacial score (nSPS) is 10.7. The van der Waals surface area contributed by atoms with Crippen LogP contribution in [0.2, 0.25) is 0 Å². The Morgan fingerprint density at radius 1 is 1.14 bits per heavy atom. The van der Waals surface area contributed by atoms with Crippen LogP contribution in [-0.4, -0.2) is 32.7 Å². The molecule has 1 aromatic rings. The Bertz CT molecular complexity index is 402. The summed E-state index contributed by atoms with van der Waals surface area (Å²) in [5, 5.41) is 6.24. The number of nitrogens with one attached hydrogen (secondary N) is 2. The topological polar surface area (TPSA) is 50.4 Å². The Kier molecular flexibility index (Phi) is 8.51. The van der Waals surface area contributed by atoms with E-state index in [4.69, 9.17) is 4.74 Å². The van der Waals surface area contributed by atoms with Crippen molar-refractivity contribution in [1.82, 2.24) is 10.6 Å². The van der Waals surface area contributed by atoms with Gasteiger partial charge in [0.2, 0.25) is 5.91 Å². The van der Waals surface area contributed by atoms with E-state index in [-0.39, 0.29) is 5.91 Å². The van der Waals surface area contributed by atoms with Gasteiger partial charge in [-0.05, 0) is 43.0 Å². The summed E-state index contributed by atoms with van der Waals surface area (Å²) in [6.45, 7) is 6.82. The molecule has 2 N–H and O–H groups in total. The number of carbonyl (C=O) groups excluding carboxylic acids is 1. The third-order valence-corrected chi connectivity index (χ3v) is 3.32. The van der Waals surface area contributed by atoms with Gasteiger partial charge < -0.3 is 15.4 Å². The standard InChI is InChI=1S/C17H28N2O2/c1-14(2)8-11-18-12-10-17(20)19-13-9-15-4-6-16(21-3)7-5-15/h4-7,14,18H,8-13H2,1-3H3,(H,19,20). The second-order valence-corrected chi connectivity index (χ2v) is 5.63. The quantitative estimate of drug-likeness (QED) is 0.651. The highest BCUT2D eigenvalue weighted by atomic mass is 16.5. The second kappa shape index (κ2) is 10.2. The average molecular weight is 292 g/mol. The number of hydrogen-bond acceptors (Lipinski definition) is 3. The van der Waals surface area contributed by atoms with Crippen LogP contribution in [0.3, 0.4) is 0 Å². The van der Waals surface area contributed by atoms with Crippen molar-refractivity contribution in [1.29, 1.82) is 0 Å². The fraction of sp³-hybridized carbons (Fsp3) is 0.588. The predicted molar refractivity (Wildman–Crippen MR) is 86.6 cm³/mol. The van der Waals surface area contributed by atoms with Crippen LogP contribution in [0.25, 0.3) is 0 Å². The van der Waals surface area contributed by atoms with Gasteiger partial charge in [0.25, 0.3) is 0 Å². The molecule has 4 nitrogen and oxygen atoms in total. The molecular weight excluding hydrogens is 264 g/mol. The third-order valence-electron chi connectivity index (χ3n) is 3.32. The van der Waals surface area contributed by atoms with E-state index in [9.17, 15) is 4.79 Å². The summed E-state index contributed by atoms with van der Waals surface area (Å²) in [5.74, 6) is 1.67. The molecule has 0 spiro atoms. The molecule has 0 radical (unpaired) electrons. The Balaban J connectivity index is 2.07. The first-order valence-corrected chi connectivity index (χ1v) is 7.72. The minimum atomic E-state index is 0.112. The lowest BCUT2D eigenvalue weighted by Crippen LogP contribution is -2.29. The molecular formula is C17H28N2O2. The minimum Gasteiger partial charge on any atom is -0.497 e. The zero-order valence-corrected chi connectivity index (χ0v) is 13.4. The summed E-state index contributed by atoms with van der Waals surface area (Å²) >= 11 is 0. The van der Waals surface area contributed by atoms with E-state index in [0.29, 0.717) is 18.9 Å². The molecule has 0 aliphatic carbocycles. The third kappa shape index (κ3) is 8.35. The monoisotopic (exact) mass is 292 g/mol. The van der Waals surface area contributed by atoms with E-state index in [1.165, 1.54) is 5.56 Å². The van der Waals surface area contributed by atoms with Crippen molar-refractivity contribution in [2.75, 3.05) is 26.7 Å². The molecule has 0 aromatic heterocycles. The molecule has 0 atom stereocenters. The van der Waals surface area contributed by atoms with Crippen molar-refractivity contribution in [2.24, 2.45) is 5.92 Å². The molecule has 1 amide bonds. The maximum atomic E-state index is 11.7. The first-order chi connectivity index (χ1) is 10.1. The molecule has 0 unspecified atom stereocenters. The summed E-state index contributed by atoms with van der Waals surface area (Å²) < 4.78 is 5.11.